The van der Waals surface area contributed by atoms with E-state index in [9.17, 15) is 4.39 Å². The normalized spacial score (nSPS) is 11.5. The van der Waals surface area contributed by atoms with Crippen LogP contribution < -0.4 is 11.1 Å². The lowest BCUT2D eigenvalue weighted by Gasteiger charge is -2.04. The summed E-state index contributed by atoms with van der Waals surface area (Å²) in [5.74, 6) is 0.812. The highest BCUT2D eigenvalue weighted by Crippen LogP contribution is 2.26. The van der Waals surface area contributed by atoms with Crippen LogP contribution in [-0.2, 0) is 13.0 Å². The molecule has 128 valence electrons. The van der Waals surface area contributed by atoms with Crippen molar-refractivity contribution in [1.82, 2.24) is 5.32 Å². The summed E-state index contributed by atoms with van der Waals surface area (Å²) in [5, 5.41) is 5.92. The number of rotatable bonds is 5. The van der Waals surface area contributed by atoms with Crippen molar-refractivity contribution in [3.05, 3.63) is 57.7 Å². The monoisotopic (exact) mass is 459 g/mol. The summed E-state index contributed by atoms with van der Waals surface area (Å²) in [7, 11) is 0. The maximum atomic E-state index is 13.3. The number of fused-ring (bicyclic) bond motifs is 1. The van der Waals surface area contributed by atoms with Gasteiger partial charge in [-0.1, -0.05) is 6.07 Å². The SMILES string of the molecule is Cc1c(CN=C(N)NCCc2cccs2)oc2ccc(F)cc12.I. The standard InChI is InChI=1S/C17H18FN3OS.HI/c1-11-14-9-12(18)4-5-15(14)22-16(11)10-21-17(19)20-7-6-13-3-2-8-23-13;/h2-5,8-9H,6-7,10H2,1H3,(H3,19,20,21);1H. The first-order valence-corrected chi connectivity index (χ1v) is 8.25. The Hall–Kier alpha value is -1.61. The van der Waals surface area contributed by atoms with Gasteiger partial charge in [0.25, 0.3) is 0 Å². The van der Waals surface area contributed by atoms with E-state index in [1.807, 2.05) is 13.0 Å². The minimum absolute atomic E-state index is 0. The lowest BCUT2D eigenvalue weighted by molar-refractivity contribution is 0.547. The molecule has 0 aliphatic rings. The zero-order valence-corrected chi connectivity index (χ0v) is 16.4. The van der Waals surface area contributed by atoms with Crippen LogP contribution in [0.2, 0.25) is 0 Å². The van der Waals surface area contributed by atoms with Gasteiger partial charge < -0.3 is 15.5 Å². The highest BCUT2D eigenvalue weighted by molar-refractivity contribution is 14.0. The number of furan rings is 1. The van der Waals surface area contributed by atoms with Crippen LogP contribution in [0.25, 0.3) is 11.0 Å². The number of nitrogens with one attached hydrogen (secondary N) is 1. The molecule has 24 heavy (non-hydrogen) atoms. The third-order valence-corrected chi connectivity index (χ3v) is 4.58. The smallest absolute Gasteiger partial charge is 0.189 e. The van der Waals surface area contributed by atoms with E-state index >= 15 is 0 Å². The molecular weight excluding hydrogens is 440 g/mol. The maximum Gasteiger partial charge on any atom is 0.189 e. The van der Waals surface area contributed by atoms with Gasteiger partial charge in [-0.25, -0.2) is 9.38 Å². The van der Waals surface area contributed by atoms with E-state index in [0.29, 0.717) is 23.8 Å². The van der Waals surface area contributed by atoms with Crippen LogP contribution in [0.15, 0.2) is 45.1 Å². The quantitative estimate of drug-likeness (QED) is 0.342. The Morgan fingerprint density at radius 3 is 2.96 bits per heavy atom. The third kappa shape index (κ3) is 4.47. The number of hydrogen-bond acceptors (Lipinski definition) is 3. The first kappa shape index (κ1) is 18.7. The van der Waals surface area contributed by atoms with Gasteiger partial charge in [-0.2, -0.15) is 0 Å². The Morgan fingerprint density at radius 2 is 2.21 bits per heavy atom. The van der Waals surface area contributed by atoms with Crippen LogP contribution >= 0.6 is 35.3 Å². The summed E-state index contributed by atoms with van der Waals surface area (Å²) in [6.45, 7) is 2.97. The van der Waals surface area contributed by atoms with Gasteiger partial charge in [0, 0.05) is 22.4 Å². The Balaban J connectivity index is 0.00000208. The number of hydrogen-bond donors (Lipinski definition) is 2. The second-order valence-electron chi connectivity index (χ2n) is 5.25. The average Bonchev–Trinajstić information content (AvgIpc) is 3.14. The Bertz CT molecular complexity index is 830. The van der Waals surface area contributed by atoms with Gasteiger partial charge in [0.1, 0.15) is 23.7 Å². The molecule has 0 amide bonds. The van der Waals surface area contributed by atoms with Crippen molar-refractivity contribution >= 4 is 52.2 Å². The van der Waals surface area contributed by atoms with Crippen molar-refractivity contribution in [2.45, 2.75) is 19.9 Å². The largest absolute Gasteiger partial charge is 0.459 e. The predicted molar refractivity (Wildman–Crippen MR) is 108 cm³/mol. The molecule has 4 nitrogen and oxygen atoms in total. The number of aliphatic imine (C=N–C) groups is 1. The molecule has 0 bridgehead atoms. The third-order valence-electron chi connectivity index (χ3n) is 3.65. The molecule has 3 N–H and O–H groups in total. The molecule has 0 aliphatic heterocycles. The molecule has 2 aromatic heterocycles. The van der Waals surface area contributed by atoms with Crippen molar-refractivity contribution in [3.8, 4) is 0 Å². The first-order valence-electron chi connectivity index (χ1n) is 7.37. The Morgan fingerprint density at radius 1 is 1.38 bits per heavy atom. The van der Waals surface area contributed by atoms with Gasteiger partial charge >= 0.3 is 0 Å². The Kier molecular flexibility index (Phi) is 6.61. The molecule has 7 heteroatoms. The second kappa shape index (κ2) is 8.48. The van der Waals surface area contributed by atoms with Gasteiger partial charge in [0.2, 0.25) is 0 Å². The van der Waals surface area contributed by atoms with E-state index in [4.69, 9.17) is 10.2 Å². The lowest BCUT2D eigenvalue weighted by atomic mass is 10.1. The Labute approximate surface area is 161 Å². The summed E-state index contributed by atoms with van der Waals surface area (Å²) in [6, 6.07) is 8.62. The number of nitrogens with two attached hydrogens (primary N) is 1. The molecule has 0 spiro atoms. The fourth-order valence-electron chi connectivity index (χ4n) is 2.38. The van der Waals surface area contributed by atoms with Crippen molar-refractivity contribution in [3.63, 3.8) is 0 Å². The number of aryl methyl sites for hydroxylation is 1. The maximum absolute atomic E-state index is 13.3. The molecule has 3 aromatic rings. The first-order chi connectivity index (χ1) is 11.1. The predicted octanol–water partition coefficient (Wildman–Crippen LogP) is 4.21. The molecule has 0 fully saturated rings. The fourth-order valence-corrected chi connectivity index (χ4v) is 3.09. The van der Waals surface area contributed by atoms with E-state index in [2.05, 4.69) is 21.8 Å². The van der Waals surface area contributed by atoms with Crippen molar-refractivity contribution < 1.29 is 8.81 Å². The average molecular weight is 459 g/mol. The van der Waals surface area contributed by atoms with Gasteiger partial charge in [0.15, 0.2) is 5.96 Å². The molecular formula is C17H19FIN3OS. The van der Waals surface area contributed by atoms with Gasteiger partial charge in [-0.15, -0.1) is 35.3 Å². The molecule has 0 radical (unpaired) electrons. The molecule has 0 saturated carbocycles. The van der Waals surface area contributed by atoms with E-state index in [1.54, 1.807) is 17.4 Å². The van der Waals surface area contributed by atoms with Gasteiger partial charge in [-0.3, -0.25) is 0 Å². The van der Waals surface area contributed by atoms with Crippen LogP contribution in [0.3, 0.4) is 0 Å². The molecule has 2 heterocycles. The summed E-state index contributed by atoms with van der Waals surface area (Å²) in [5.41, 5.74) is 7.43. The molecule has 0 saturated heterocycles. The molecule has 3 rings (SSSR count). The molecule has 1 aromatic carbocycles. The van der Waals surface area contributed by atoms with Crippen molar-refractivity contribution in [2.24, 2.45) is 10.7 Å². The summed E-state index contributed by atoms with van der Waals surface area (Å²) in [4.78, 5) is 5.60. The van der Waals surface area contributed by atoms with E-state index in [1.165, 1.54) is 17.0 Å². The fraction of sp³-hybridized carbons (Fsp3) is 0.235. The zero-order chi connectivity index (χ0) is 16.2. The molecule has 0 aliphatic carbocycles. The highest BCUT2D eigenvalue weighted by atomic mass is 127. The number of thiophene rings is 1. The summed E-state index contributed by atoms with van der Waals surface area (Å²) >= 11 is 1.72. The van der Waals surface area contributed by atoms with Crippen LogP contribution in [0.5, 0.6) is 0 Å². The number of nitrogens with zero attached hydrogens (tertiary/aromatic N) is 1. The van der Waals surface area contributed by atoms with Crippen molar-refractivity contribution in [2.75, 3.05) is 6.54 Å². The summed E-state index contributed by atoms with van der Waals surface area (Å²) < 4.78 is 19.0. The molecule has 0 atom stereocenters. The molecule has 0 unspecified atom stereocenters. The van der Waals surface area contributed by atoms with Crippen LogP contribution in [-0.4, -0.2) is 12.5 Å². The topological polar surface area (TPSA) is 63.5 Å². The minimum atomic E-state index is -0.272. The van der Waals surface area contributed by atoms with Crippen LogP contribution in [0, 0.1) is 12.7 Å². The van der Waals surface area contributed by atoms with Gasteiger partial charge in [0.05, 0.1) is 0 Å². The van der Waals surface area contributed by atoms with E-state index in [-0.39, 0.29) is 29.8 Å². The number of guanidine groups is 1. The zero-order valence-electron chi connectivity index (χ0n) is 13.2. The number of halogens is 2. The number of benzene rings is 1. The highest BCUT2D eigenvalue weighted by Gasteiger charge is 2.10. The van der Waals surface area contributed by atoms with Crippen molar-refractivity contribution in [1.29, 1.82) is 0 Å². The summed E-state index contributed by atoms with van der Waals surface area (Å²) in [6.07, 6.45) is 0.914. The van der Waals surface area contributed by atoms with E-state index < -0.39 is 0 Å². The second-order valence-corrected chi connectivity index (χ2v) is 6.28. The van der Waals surface area contributed by atoms with Crippen LogP contribution in [0.1, 0.15) is 16.2 Å². The lowest BCUT2D eigenvalue weighted by Crippen LogP contribution is -2.33. The van der Waals surface area contributed by atoms with E-state index in [0.717, 1.165) is 23.9 Å². The van der Waals surface area contributed by atoms with Gasteiger partial charge in [-0.05, 0) is 43.0 Å². The minimum Gasteiger partial charge on any atom is -0.459 e. The van der Waals surface area contributed by atoms with Crippen LogP contribution in [0.4, 0.5) is 4.39 Å².